The Morgan fingerprint density at radius 3 is 2.44 bits per heavy atom. The smallest absolute Gasteiger partial charge is 0.341 e. The summed E-state index contributed by atoms with van der Waals surface area (Å²) in [7, 11) is 1.44. The van der Waals surface area contributed by atoms with Gasteiger partial charge in [0, 0.05) is 7.05 Å². The second kappa shape index (κ2) is 8.69. The Labute approximate surface area is 168 Å². The standard InChI is InChI=1S/C17H15Cl2FN2O4S/c1-4-26-17(25)12-7(2)13(15(24)21-3)27-16(12)22-14(23)8-5-11(20)10(19)6-9(8)18/h5-6H,4H2,1-3H3,(H,21,24)(H,22,23). The maximum absolute atomic E-state index is 13.7. The molecule has 2 amide bonds. The van der Waals surface area contributed by atoms with Crippen molar-refractivity contribution in [3.05, 3.63) is 49.6 Å². The van der Waals surface area contributed by atoms with Gasteiger partial charge in [0.25, 0.3) is 11.8 Å². The maximum atomic E-state index is 13.7. The normalized spacial score (nSPS) is 10.4. The summed E-state index contributed by atoms with van der Waals surface area (Å²) in [5.74, 6) is -2.68. The van der Waals surface area contributed by atoms with Crippen LogP contribution in [0.4, 0.5) is 9.39 Å². The van der Waals surface area contributed by atoms with E-state index in [4.69, 9.17) is 27.9 Å². The lowest BCUT2D eigenvalue weighted by atomic mass is 10.1. The minimum absolute atomic E-state index is 0.0550. The molecule has 144 valence electrons. The molecule has 0 aliphatic heterocycles. The predicted molar refractivity (Wildman–Crippen MR) is 103 cm³/mol. The first-order chi connectivity index (χ1) is 12.7. The van der Waals surface area contributed by atoms with Crippen LogP contribution < -0.4 is 10.6 Å². The number of halogens is 3. The monoisotopic (exact) mass is 432 g/mol. The van der Waals surface area contributed by atoms with E-state index < -0.39 is 23.6 Å². The number of benzene rings is 1. The van der Waals surface area contributed by atoms with Gasteiger partial charge in [0.15, 0.2) is 0 Å². The van der Waals surface area contributed by atoms with E-state index >= 15 is 0 Å². The molecule has 0 spiro atoms. The number of nitrogens with one attached hydrogen (secondary N) is 2. The average molecular weight is 433 g/mol. The third-order valence-electron chi connectivity index (χ3n) is 3.54. The van der Waals surface area contributed by atoms with Crippen molar-refractivity contribution in [2.45, 2.75) is 13.8 Å². The minimum atomic E-state index is -0.815. The number of ether oxygens (including phenoxy) is 1. The Kier molecular flexibility index (Phi) is 6.80. The molecule has 2 N–H and O–H groups in total. The minimum Gasteiger partial charge on any atom is -0.462 e. The molecular weight excluding hydrogens is 418 g/mol. The molecule has 0 aliphatic carbocycles. The zero-order valence-electron chi connectivity index (χ0n) is 14.5. The first kappa shape index (κ1) is 21.1. The number of hydrogen-bond donors (Lipinski definition) is 2. The van der Waals surface area contributed by atoms with Crippen molar-refractivity contribution in [3.8, 4) is 0 Å². The molecule has 2 rings (SSSR count). The lowest BCUT2D eigenvalue weighted by molar-refractivity contribution is 0.0527. The molecule has 27 heavy (non-hydrogen) atoms. The van der Waals surface area contributed by atoms with E-state index in [2.05, 4.69) is 10.6 Å². The number of carbonyl (C=O) groups excluding carboxylic acids is 3. The summed E-state index contributed by atoms with van der Waals surface area (Å²) in [6, 6.07) is 2.00. The number of carbonyl (C=O) groups is 3. The van der Waals surface area contributed by atoms with Crippen molar-refractivity contribution in [2.24, 2.45) is 0 Å². The summed E-state index contributed by atoms with van der Waals surface area (Å²) in [6.45, 7) is 3.32. The molecule has 1 aromatic heterocycles. The largest absolute Gasteiger partial charge is 0.462 e. The first-order valence-electron chi connectivity index (χ1n) is 7.69. The van der Waals surface area contributed by atoms with Crippen LogP contribution in [0.15, 0.2) is 12.1 Å². The van der Waals surface area contributed by atoms with E-state index in [0.29, 0.717) is 5.56 Å². The molecule has 0 fully saturated rings. The second-order valence-corrected chi connectivity index (χ2v) is 7.10. The zero-order valence-corrected chi connectivity index (χ0v) is 16.9. The van der Waals surface area contributed by atoms with Gasteiger partial charge in [-0.3, -0.25) is 9.59 Å². The second-order valence-electron chi connectivity index (χ2n) is 5.26. The summed E-state index contributed by atoms with van der Waals surface area (Å²) in [4.78, 5) is 37.1. The first-order valence-corrected chi connectivity index (χ1v) is 9.26. The summed E-state index contributed by atoms with van der Waals surface area (Å²) in [5, 5.41) is 4.78. The lowest BCUT2D eigenvalue weighted by Crippen LogP contribution is -2.18. The third-order valence-corrected chi connectivity index (χ3v) is 5.35. The van der Waals surface area contributed by atoms with E-state index in [1.807, 2.05) is 0 Å². The van der Waals surface area contributed by atoms with Crippen LogP contribution in [0, 0.1) is 12.7 Å². The van der Waals surface area contributed by atoms with Crippen LogP contribution in [-0.4, -0.2) is 31.4 Å². The lowest BCUT2D eigenvalue weighted by Gasteiger charge is -2.09. The fraction of sp³-hybridized carbons (Fsp3) is 0.235. The Bertz CT molecular complexity index is 930. The van der Waals surface area contributed by atoms with E-state index in [1.54, 1.807) is 13.8 Å². The number of thiophene rings is 1. The SMILES string of the molecule is CCOC(=O)c1c(NC(=O)c2cc(F)c(Cl)cc2Cl)sc(C(=O)NC)c1C. The molecule has 2 aromatic rings. The van der Waals surface area contributed by atoms with Crippen LogP contribution in [0.3, 0.4) is 0 Å². The van der Waals surface area contributed by atoms with Crippen LogP contribution >= 0.6 is 34.5 Å². The molecular formula is C17H15Cl2FN2O4S. The zero-order chi connectivity index (χ0) is 20.3. The molecule has 0 saturated heterocycles. The molecule has 0 atom stereocenters. The number of esters is 1. The summed E-state index contributed by atoms with van der Waals surface area (Å²) in [5.41, 5.74) is 0.252. The number of amides is 2. The van der Waals surface area contributed by atoms with Crippen LogP contribution in [0.1, 0.15) is 42.9 Å². The molecule has 1 heterocycles. The Morgan fingerprint density at radius 1 is 1.19 bits per heavy atom. The van der Waals surface area contributed by atoms with Crippen LogP contribution in [-0.2, 0) is 4.74 Å². The van der Waals surface area contributed by atoms with E-state index in [9.17, 15) is 18.8 Å². The number of anilines is 1. The van der Waals surface area contributed by atoms with Gasteiger partial charge in [-0.1, -0.05) is 23.2 Å². The highest BCUT2D eigenvalue weighted by Gasteiger charge is 2.27. The van der Waals surface area contributed by atoms with Gasteiger partial charge in [-0.15, -0.1) is 11.3 Å². The van der Waals surface area contributed by atoms with Gasteiger partial charge in [0.05, 0.1) is 32.7 Å². The van der Waals surface area contributed by atoms with Crippen molar-refractivity contribution < 1.29 is 23.5 Å². The van der Waals surface area contributed by atoms with Crippen molar-refractivity contribution in [2.75, 3.05) is 19.0 Å². The molecule has 6 nitrogen and oxygen atoms in total. The van der Waals surface area contributed by atoms with E-state index in [0.717, 1.165) is 23.5 Å². The molecule has 0 unspecified atom stereocenters. The third kappa shape index (κ3) is 4.40. The molecule has 0 radical (unpaired) electrons. The summed E-state index contributed by atoms with van der Waals surface area (Å²) in [6.07, 6.45) is 0. The van der Waals surface area contributed by atoms with Crippen molar-refractivity contribution in [3.63, 3.8) is 0 Å². The summed E-state index contributed by atoms with van der Waals surface area (Å²) >= 11 is 12.5. The van der Waals surface area contributed by atoms with Crippen molar-refractivity contribution in [1.29, 1.82) is 0 Å². The fourth-order valence-electron chi connectivity index (χ4n) is 2.25. The van der Waals surface area contributed by atoms with Gasteiger partial charge in [-0.25, -0.2) is 9.18 Å². The van der Waals surface area contributed by atoms with Gasteiger partial charge < -0.3 is 15.4 Å². The van der Waals surface area contributed by atoms with Crippen LogP contribution in [0.2, 0.25) is 10.0 Å². The molecule has 0 bridgehead atoms. The maximum Gasteiger partial charge on any atom is 0.341 e. The van der Waals surface area contributed by atoms with Crippen molar-refractivity contribution >= 4 is 57.3 Å². The highest BCUT2D eigenvalue weighted by molar-refractivity contribution is 7.18. The Morgan fingerprint density at radius 2 is 1.85 bits per heavy atom. The van der Waals surface area contributed by atoms with Gasteiger partial charge >= 0.3 is 5.97 Å². The summed E-state index contributed by atoms with van der Waals surface area (Å²) < 4.78 is 18.7. The fourth-order valence-corrected chi connectivity index (χ4v) is 3.85. The molecule has 1 aromatic carbocycles. The Balaban J connectivity index is 2.48. The van der Waals surface area contributed by atoms with E-state index in [-0.39, 0.29) is 37.7 Å². The van der Waals surface area contributed by atoms with Gasteiger partial charge in [0.1, 0.15) is 10.8 Å². The van der Waals surface area contributed by atoms with Gasteiger partial charge in [0.2, 0.25) is 0 Å². The number of rotatable bonds is 5. The number of hydrogen-bond acceptors (Lipinski definition) is 5. The van der Waals surface area contributed by atoms with Crippen molar-refractivity contribution in [1.82, 2.24) is 5.32 Å². The average Bonchev–Trinajstić information content (AvgIpc) is 2.93. The van der Waals surface area contributed by atoms with E-state index in [1.165, 1.54) is 7.05 Å². The van der Waals surface area contributed by atoms with Crippen LogP contribution in [0.25, 0.3) is 0 Å². The quantitative estimate of drug-likeness (QED) is 0.544. The Hall–Kier alpha value is -2.16. The molecule has 0 saturated carbocycles. The molecule has 0 aliphatic rings. The highest BCUT2D eigenvalue weighted by atomic mass is 35.5. The predicted octanol–water partition coefficient (Wildman–Crippen LogP) is 4.29. The van der Waals surface area contributed by atoms with Gasteiger partial charge in [-0.2, -0.15) is 0 Å². The van der Waals surface area contributed by atoms with Gasteiger partial charge in [-0.05, 0) is 31.5 Å². The van der Waals surface area contributed by atoms with Crippen LogP contribution in [0.5, 0.6) is 0 Å². The topological polar surface area (TPSA) is 84.5 Å². The highest BCUT2D eigenvalue weighted by Crippen LogP contribution is 2.35. The molecule has 10 heteroatoms.